The first-order valence-corrected chi connectivity index (χ1v) is 21.7. The molecular weight excluding hydrogens is 679 g/mol. The number of nitrogens with zero attached hydrogens (tertiary/aromatic N) is 1. The molecular formula is C46H82NO7+. The van der Waals surface area contributed by atoms with Crippen LogP contribution in [-0.2, 0) is 28.6 Å². The SMILES string of the molecule is CC/C=C\C/C=C\C/C=C\C/C=C\CCCCCCC(=O)OC(COCCC(C(=O)O)[N+](C)(C)C)COC(=O)CCCCCCCCCCCCCCC. The van der Waals surface area contributed by atoms with E-state index in [0.29, 0.717) is 19.3 Å². The number of ether oxygens (including phenoxy) is 3. The number of likely N-dealkylation sites (N-methyl/N-ethyl adjacent to an activating group) is 1. The summed E-state index contributed by atoms with van der Waals surface area (Å²) in [6, 6.07) is -0.618. The maximum atomic E-state index is 12.7. The Labute approximate surface area is 331 Å². The third-order valence-corrected chi connectivity index (χ3v) is 9.49. The smallest absolute Gasteiger partial charge is 0.362 e. The lowest BCUT2D eigenvalue weighted by Crippen LogP contribution is -2.50. The van der Waals surface area contributed by atoms with Gasteiger partial charge in [-0.1, -0.05) is 152 Å². The lowest BCUT2D eigenvalue weighted by atomic mass is 10.0. The minimum atomic E-state index is -0.880. The number of esters is 2. The number of carbonyl (C=O) groups excluding carboxylic acids is 2. The molecule has 54 heavy (non-hydrogen) atoms. The van der Waals surface area contributed by atoms with Crippen LogP contribution in [-0.4, -0.2) is 80.6 Å². The first-order valence-electron chi connectivity index (χ1n) is 21.7. The van der Waals surface area contributed by atoms with Crippen molar-refractivity contribution < 1.29 is 38.2 Å². The molecule has 0 aromatic rings. The molecule has 0 saturated heterocycles. The number of hydrogen-bond donors (Lipinski definition) is 1. The van der Waals surface area contributed by atoms with E-state index in [9.17, 15) is 19.5 Å². The van der Waals surface area contributed by atoms with E-state index in [1.807, 2.05) is 21.1 Å². The van der Waals surface area contributed by atoms with E-state index in [1.165, 1.54) is 64.2 Å². The van der Waals surface area contributed by atoms with E-state index in [0.717, 1.165) is 77.0 Å². The summed E-state index contributed by atoms with van der Waals surface area (Å²) < 4.78 is 17.2. The van der Waals surface area contributed by atoms with Gasteiger partial charge in [0.15, 0.2) is 12.1 Å². The van der Waals surface area contributed by atoms with Gasteiger partial charge in [0.1, 0.15) is 6.61 Å². The molecule has 2 atom stereocenters. The van der Waals surface area contributed by atoms with Gasteiger partial charge in [-0.3, -0.25) is 9.59 Å². The molecule has 2 unspecified atom stereocenters. The first kappa shape index (κ1) is 51.3. The Balaban J connectivity index is 4.40. The van der Waals surface area contributed by atoms with E-state index in [2.05, 4.69) is 62.5 Å². The molecule has 0 rings (SSSR count). The van der Waals surface area contributed by atoms with Crippen LogP contribution in [0, 0.1) is 0 Å². The molecule has 312 valence electrons. The van der Waals surface area contributed by atoms with Gasteiger partial charge >= 0.3 is 17.9 Å². The van der Waals surface area contributed by atoms with E-state index in [1.54, 1.807) is 0 Å². The van der Waals surface area contributed by atoms with E-state index in [4.69, 9.17) is 14.2 Å². The Morgan fingerprint density at radius 2 is 1.04 bits per heavy atom. The minimum absolute atomic E-state index is 0.0517. The standard InChI is InChI=1S/C46H81NO7/c1-6-8-10-12-14-16-18-20-21-22-23-25-27-29-31-33-35-37-45(49)54-42(40-52-39-38-43(46(50)51)47(3,4)5)41-53-44(48)36-34-32-30-28-26-24-19-17-15-13-11-9-7-2/h8,10,14,16,20-21,23,25,42-43H,6-7,9,11-13,15,17-19,22,24,26-41H2,1-5H3/p+1/b10-8-,16-14-,21-20-,25-23-. The number of carboxylic acid groups (broad SMARTS) is 1. The highest BCUT2D eigenvalue weighted by molar-refractivity contribution is 5.72. The number of carboxylic acids is 1. The van der Waals surface area contributed by atoms with Crippen molar-refractivity contribution in [2.24, 2.45) is 0 Å². The molecule has 0 bridgehead atoms. The van der Waals surface area contributed by atoms with Crippen molar-refractivity contribution >= 4 is 17.9 Å². The Morgan fingerprint density at radius 3 is 1.54 bits per heavy atom. The van der Waals surface area contributed by atoms with Crippen LogP contribution in [0.15, 0.2) is 48.6 Å². The highest BCUT2D eigenvalue weighted by Gasteiger charge is 2.31. The van der Waals surface area contributed by atoms with Crippen molar-refractivity contribution in [2.45, 2.75) is 187 Å². The van der Waals surface area contributed by atoms with E-state index >= 15 is 0 Å². The Bertz CT molecular complexity index is 1030. The van der Waals surface area contributed by atoms with Gasteiger partial charge in [0.2, 0.25) is 0 Å². The molecule has 1 N–H and O–H groups in total. The van der Waals surface area contributed by atoms with Gasteiger partial charge in [-0.2, -0.15) is 0 Å². The second kappa shape index (κ2) is 37.2. The van der Waals surface area contributed by atoms with Crippen LogP contribution in [0.2, 0.25) is 0 Å². The normalized spacial score (nSPS) is 13.4. The molecule has 0 aliphatic heterocycles. The van der Waals surface area contributed by atoms with Crippen molar-refractivity contribution in [3.8, 4) is 0 Å². The molecule has 0 radical (unpaired) electrons. The van der Waals surface area contributed by atoms with Gasteiger partial charge in [0.05, 0.1) is 34.4 Å². The predicted octanol–water partition coefficient (Wildman–Crippen LogP) is 11.6. The average molecular weight is 761 g/mol. The zero-order valence-electron chi connectivity index (χ0n) is 35.4. The summed E-state index contributed by atoms with van der Waals surface area (Å²) in [5.41, 5.74) is 0. The summed E-state index contributed by atoms with van der Waals surface area (Å²) in [7, 11) is 5.51. The summed E-state index contributed by atoms with van der Waals surface area (Å²) in [6.07, 6.45) is 42.9. The molecule has 0 amide bonds. The summed E-state index contributed by atoms with van der Waals surface area (Å²) in [5.74, 6) is -1.50. The molecule has 0 aromatic carbocycles. The van der Waals surface area contributed by atoms with E-state index < -0.39 is 18.1 Å². The molecule has 0 heterocycles. The molecule has 0 fully saturated rings. The number of unbranched alkanes of at least 4 members (excludes halogenated alkanes) is 16. The number of carbonyl (C=O) groups is 3. The van der Waals surface area contributed by atoms with Crippen molar-refractivity contribution in [3.63, 3.8) is 0 Å². The molecule has 0 saturated carbocycles. The van der Waals surface area contributed by atoms with Gasteiger partial charge in [-0.15, -0.1) is 0 Å². The molecule has 0 aliphatic rings. The largest absolute Gasteiger partial charge is 0.477 e. The van der Waals surface area contributed by atoms with Gasteiger partial charge in [0, 0.05) is 19.3 Å². The Hall–Kier alpha value is -2.71. The van der Waals surface area contributed by atoms with Crippen molar-refractivity contribution in [3.05, 3.63) is 48.6 Å². The van der Waals surface area contributed by atoms with Gasteiger partial charge in [-0.05, 0) is 51.4 Å². The zero-order chi connectivity index (χ0) is 40.0. The van der Waals surface area contributed by atoms with Crippen molar-refractivity contribution in [1.29, 1.82) is 0 Å². The number of hydrogen-bond acceptors (Lipinski definition) is 6. The lowest BCUT2D eigenvalue weighted by Gasteiger charge is -2.31. The Morgan fingerprint density at radius 1 is 0.574 bits per heavy atom. The first-order chi connectivity index (χ1) is 26.1. The summed E-state index contributed by atoms with van der Waals surface area (Å²) in [4.78, 5) is 36.9. The van der Waals surface area contributed by atoms with Gasteiger partial charge in [0.25, 0.3) is 0 Å². The second-order valence-electron chi connectivity index (χ2n) is 15.6. The van der Waals surface area contributed by atoms with Crippen LogP contribution < -0.4 is 0 Å². The third kappa shape index (κ3) is 35.0. The number of aliphatic carboxylic acids is 1. The topological polar surface area (TPSA) is 99.1 Å². The molecule has 0 aromatic heterocycles. The fourth-order valence-corrected chi connectivity index (χ4v) is 6.14. The van der Waals surface area contributed by atoms with Crippen LogP contribution in [0.25, 0.3) is 0 Å². The molecule has 8 heteroatoms. The summed E-state index contributed by atoms with van der Waals surface area (Å²) >= 11 is 0. The molecule has 0 spiro atoms. The second-order valence-corrected chi connectivity index (χ2v) is 15.6. The number of quaternary nitrogens is 1. The van der Waals surface area contributed by atoms with E-state index in [-0.39, 0.29) is 36.2 Å². The van der Waals surface area contributed by atoms with Crippen LogP contribution in [0.1, 0.15) is 174 Å². The fraction of sp³-hybridized carbons (Fsp3) is 0.761. The van der Waals surface area contributed by atoms with Gasteiger partial charge < -0.3 is 23.8 Å². The van der Waals surface area contributed by atoms with Crippen LogP contribution in [0.5, 0.6) is 0 Å². The van der Waals surface area contributed by atoms with Crippen LogP contribution in [0.3, 0.4) is 0 Å². The number of rotatable bonds is 38. The summed E-state index contributed by atoms with van der Waals surface area (Å²) in [5, 5.41) is 9.61. The predicted molar refractivity (Wildman–Crippen MR) is 224 cm³/mol. The molecule has 0 aliphatic carbocycles. The maximum Gasteiger partial charge on any atom is 0.362 e. The Kier molecular flexibility index (Phi) is 35.4. The maximum absolute atomic E-state index is 12.7. The highest BCUT2D eigenvalue weighted by atomic mass is 16.6. The fourth-order valence-electron chi connectivity index (χ4n) is 6.14. The number of allylic oxidation sites excluding steroid dienone is 8. The average Bonchev–Trinajstić information content (AvgIpc) is 3.12. The monoisotopic (exact) mass is 761 g/mol. The lowest BCUT2D eigenvalue weighted by molar-refractivity contribution is -0.887. The van der Waals surface area contributed by atoms with Crippen LogP contribution in [0.4, 0.5) is 0 Å². The van der Waals surface area contributed by atoms with Gasteiger partial charge in [-0.25, -0.2) is 4.79 Å². The van der Waals surface area contributed by atoms with Crippen LogP contribution >= 0.6 is 0 Å². The van der Waals surface area contributed by atoms with Crippen molar-refractivity contribution in [2.75, 3.05) is 41.0 Å². The van der Waals surface area contributed by atoms with Crippen molar-refractivity contribution in [1.82, 2.24) is 0 Å². The minimum Gasteiger partial charge on any atom is -0.477 e. The third-order valence-electron chi connectivity index (χ3n) is 9.49. The highest BCUT2D eigenvalue weighted by Crippen LogP contribution is 2.14. The quantitative estimate of drug-likeness (QED) is 0.0289. The summed E-state index contributed by atoms with van der Waals surface area (Å²) in [6.45, 7) is 4.59. The zero-order valence-corrected chi connectivity index (χ0v) is 35.4. The molecule has 8 nitrogen and oxygen atoms in total.